The second-order valence-electron chi connectivity index (χ2n) is 15.5. The molecule has 0 N–H and O–H groups in total. The number of aromatic nitrogens is 2. The smallest absolute Gasteiger partial charge is 0.309 e. The number of nitriles is 2. The topological polar surface area (TPSA) is 66.2 Å². The maximum Gasteiger partial charge on any atom is 0.417 e. The van der Waals surface area contributed by atoms with Crippen LogP contribution in [-0.2, 0) is 12.4 Å². The summed E-state index contributed by atoms with van der Waals surface area (Å²) in [5.41, 5.74) is 1.79. The Hall–Kier alpha value is -9.10. The Bertz CT molecular complexity index is 3610. The molecule has 0 amide bonds. The summed E-state index contributed by atoms with van der Waals surface area (Å²) in [5, 5.41) is 22.3. The van der Waals surface area contributed by atoms with Crippen molar-refractivity contribution in [3.05, 3.63) is 203 Å². The van der Waals surface area contributed by atoms with Crippen LogP contribution in [0.4, 0.5) is 37.7 Å². The molecule has 314 valence electrons. The first-order valence-electron chi connectivity index (χ1n) is 20.2. The third-order valence-corrected chi connectivity index (χ3v) is 11.9. The first-order chi connectivity index (χ1) is 31.8. The minimum absolute atomic E-state index is 0.156. The number of alkyl halides is 6. The van der Waals surface area contributed by atoms with Crippen LogP contribution in [0.5, 0.6) is 0 Å². The van der Waals surface area contributed by atoms with Crippen molar-refractivity contribution in [2.45, 2.75) is 12.4 Å². The molecular formula is C54H26F6N6. The number of hydrogen-bond acceptors (Lipinski definition) is 2. The van der Waals surface area contributed by atoms with Crippen molar-refractivity contribution in [1.29, 1.82) is 10.5 Å². The largest absolute Gasteiger partial charge is 0.417 e. The van der Waals surface area contributed by atoms with Crippen molar-refractivity contribution in [2.75, 3.05) is 0 Å². The highest BCUT2D eigenvalue weighted by atomic mass is 19.4. The summed E-state index contributed by atoms with van der Waals surface area (Å²) >= 11 is 0. The summed E-state index contributed by atoms with van der Waals surface area (Å²) in [7, 11) is 0. The van der Waals surface area contributed by atoms with Crippen molar-refractivity contribution >= 4 is 55.0 Å². The van der Waals surface area contributed by atoms with Gasteiger partial charge in [-0.25, -0.2) is 9.69 Å². The average molecular weight is 873 g/mol. The van der Waals surface area contributed by atoms with E-state index in [4.69, 9.17) is 13.1 Å². The molecule has 6 nitrogen and oxygen atoms in total. The van der Waals surface area contributed by atoms with E-state index in [1.807, 2.05) is 42.5 Å². The number of para-hydroxylation sites is 2. The van der Waals surface area contributed by atoms with E-state index in [1.165, 1.54) is 24.3 Å². The molecule has 12 heteroatoms. The van der Waals surface area contributed by atoms with Gasteiger partial charge in [0.1, 0.15) is 0 Å². The predicted molar refractivity (Wildman–Crippen MR) is 243 cm³/mol. The molecule has 0 spiro atoms. The average Bonchev–Trinajstić information content (AvgIpc) is 3.84. The number of nitrogens with zero attached hydrogens (tertiary/aromatic N) is 6. The molecule has 2 aromatic heterocycles. The van der Waals surface area contributed by atoms with Gasteiger partial charge in [0.15, 0.2) is 11.4 Å². The number of fused-ring (bicyclic) bond motifs is 6. The van der Waals surface area contributed by atoms with E-state index in [-0.39, 0.29) is 28.3 Å². The Morgan fingerprint density at radius 1 is 0.439 bits per heavy atom. The molecule has 0 aliphatic carbocycles. The Labute approximate surface area is 371 Å². The fraction of sp³-hybridized carbons (Fsp3) is 0.0370. The van der Waals surface area contributed by atoms with E-state index in [9.17, 15) is 10.5 Å². The quantitative estimate of drug-likeness (QED) is 0.128. The highest BCUT2D eigenvalue weighted by molar-refractivity contribution is 6.12. The second kappa shape index (κ2) is 15.3. The first-order valence-corrected chi connectivity index (χ1v) is 20.2. The van der Waals surface area contributed by atoms with E-state index < -0.39 is 34.6 Å². The maximum atomic E-state index is 15.2. The molecule has 10 aromatic rings. The SMILES string of the molecule is [C-]#[N+]c1ccc(-c2ccc3c4ccccc4n(-c4ccc(C(F)(F)F)c(-c5cc(-n6c7ccccc7c7ccc(-c8ccc(C#N)cc8[N+]#[C-])cc76)ccc5C(F)(F)F)c4)c3c2)c(C#N)c1. The summed E-state index contributed by atoms with van der Waals surface area (Å²) in [6.45, 7) is 15.2. The fourth-order valence-electron chi connectivity index (χ4n) is 9.00. The zero-order valence-electron chi connectivity index (χ0n) is 34.0. The lowest BCUT2D eigenvalue weighted by Crippen LogP contribution is -2.12. The summed E-state index contributed by atoms with van der Waals surface area (Å²) in [4.78, 5) is 7.05. The summed E-state index contributed by atoms with van der Waals surface area (Å²) in [6, 6.07) is 45.1. The van der Waals surface area contributed by atoms with Gasteiger partial charge in [-0.05, 0) is 112 Å². The van der Waals surface area contributed by atoms with Crippen LogP contribution in [0.15, 0.2) is 158 Å². The lowest BCUT2D eigenvalue weighted by Gasteiger charge is -2.21. The number of benzene rings is 8. The van der Waals surface area contributed by atoms with Crippen LogP contribution in [0.25, 0.3) is 98.1 Å². The first kappa shape index (κ1) is 40.9. The van der Waals surface area contributed by atoms with Crippen LogP contribution < -0.4 is 0 Å². The molecule has 0 aliphatic rings. The molecule has 0 fully saturated rings. The summed E-state index contributed by atoms with van der Waals surface area (Å²) in [5.74, 6) is 0. The molecule has 0 saturated carbocycles. The van der Waals surface area contributed by atoms with Crippen LogP contribution in [0.1, 0.15) is 22.3 Å². The second-order valence-corrected chi connectivity index (χ2v) is 15.5. The third-order valence-electron chi connectivity index (χ3n) is 11.9. The van der Waals surface area contributed by atoms with Crippen LogP contribution in [-0.4, -0.2) is 9.13 Å². The Balaban J connectivity index is 1.23. The molecule has 2 heterocycles. The lowest BCUT2D eigenvalue weighted by atomic mass is 9.93. The fourth-order valence-corrected chi connectivity index (χ4v) is 9.00. The Morgan fingerprint density at radius 3 is 1.42 bits per heavy atom. The number of halogens is 6. The molecule has 0 radical (unpaired) electrons. The van der Waals surface area contributed by atoms with Gasteiger partial charge in [-0.2, -0.15) is 36.9 Å². The Morgan fingerprint density at radius 2 is 0.939 bits per heavy atom. The standard InChI is InChI=1S/C54H26F6N6/c1-63-35-14-20-38(34(24-35)30-62)32-12-18-42-40-7-3-5-9-49(40)65(51(42)25-32)36-15-21-46(53(55,56)57)44(27-36)45-28-37(16-22-47(45)54(58,59)60)66-50-10-6-4-8-41(50)43-19-13-33(26-52(43)66)39-17-11-31(29-61)23-48(39)64-2/h3-28H. The summed E-state index contributed by atoms with van der Waals surface area (Å²) < 4.78 is 94.8. The Kier molecular flexibility index (Phi) is 9.50. The van der Waals surface area contributed by atoms with E-state index in [0.29, 0.717) is 60.7 Å². The van der Waals surface area contributed by atoms with Crippen molar-refractivity contribution < 1.29 is 26.3 Å². The molecule has 0 saturated heterocycles. The predicted octanol–water partition coefficient (Wildman–Crippen LogP) is 15.8. The number of rotatable bonds is 5. The zero-order valence-corrected chi connectivity index (χ0v) is 34.0. The van der Waals surface area contributed by atoms with Gasteiger partial charge in [0.25, 0.3) is 0 Å². The van der Waals surface area contributed by atoms with Gasteiger partial charge in [0.2, 0.25) is 0 Å². The minimum Gasteiger partial charge on any atom is -0.309 e. The normalized spacial score (nSPS) is 11.7. The van der Waals surface area contributed by atoms with Gasteiger partial charge in [-0.15, -0.1) is 0 Å². The van der Waals surface area contributed by atoms with E-state index in [0.717, 1.165) is 35.0 Å². The molecular weight excluding hydrogens is 847 g/mol. The van der Waals surface area contributed by atoms with Crippen LogP contribution in [0.3, 0.4) is 0 Å². The molecule has 66 heavy (non-hydrogen) atoms. The molecule has 10 rings (SSSR count). The highest BCUT2D eigenvalue weighted by Crippen LogP contribution is 2.47. The van der Waals surface area contributed by atoms with Gasteiger partial charge < -0.3 is 9.13 Å². The molecule has 0 aliphatic heterocycles. The minimum atomic E-state index is -5.07. The van der Waals surface area contributed by atoms with Gasteiger partial charge in [0.05, 0.1) is 58.5 Å². The molecule has 8 aromatic carbocycles. The molecule has 0 atom stereocenters. The number of hydrogen-bond donors (Lipinski definition) is 0. The monoisotopic (exact) mass is 872 g/mol. The third kappa shape index (κ3) is 6.65. The van der Waals surface area contributed by atoms with Crippen LogP contribution in [0, 0.1) is 35.8 Å². The van der Waals surface area contributed by atoms with Crippen molar-refractivity contribution in [2.24, 2.45) is 0 Å². The van der Waals surface area contributed by atoms with Crippen molar-refractivity contribution in [3.8, 4) is 56.9 Å². The van der Waals surface area contributed by atoms with E-state index in [2.05, 4.69) is 15.8 Å². The van der Waals surface area contributed by atoms with Gasteiger partial charge >= 0.3 is 12.4 Å². The van der Waals surface area contributed by atoms with Gasteiger partial charge in [0, 0.05) is 44.0 Å². The lowest BCUT2D eigenvalue weighted by molar-refractivity contribution is -0.139. The van der Waals surface area contributed by atoms with E-state index >= 15 is 26.3 Å². The van der Waals surface area contributed by atoms with Gasteiger partial charge in [-0.1, -0.05) is 78.9 Å². The van der Waals surface area contributed by atoms with Crippen LogP contribution >= 0.6 is 0 Å². The molecule has 0 unspecified atom stereocenters. The van der Waals surface area contributed by atoms with E-state index in [1.54, 1.807) is 81.9 Å². The maximum absolute atomic E-state index is 15.2. The molecule has 0 bridgehead atoms. The van der Waals surface area contributed by atoms with Gasteiger partial charge in [-0.3, -0.25) is 0 Å². The van der Waals surface area contributed by atoms with Crippen molar-refractivity contribution in [1.82, 2.24) is 9.13 Å². The highest BCUT2D eigenvalue weighted by Gasteiger charge is 2.39. The zero-order chi connectivity index (χ0) is 46.1. The summed E-state index contributed by atoms with van der Waals surface area (Å²) in [6.07, 6.45) is -10.1. The van der Waals surface area contributed by atoms with Crippen LogP contribution in [0.2, 0.25) is 0 Å². The van der Waals surface area contributed by atoms with Crippen molar-refractivity contribution in [3.63, 3.8) is 0 Å².